The molecule has 0 unspecified atom stereocenters. The van der Waals surface area contributed by atoms with Gasteiger partial charge in [0.2, 0.25) is 0 Å². The van der Waals surface area contributed by atoms with E-state index in [-0.39, 0.29) is 5.78 Å². The number of aryl methyl sites for hydroxylation is 1. The highest BCUT2D eigenvalue weighted by Crippen LogP contribution is 2.17. The molecule has 0 spiro atoms. The van der Waals surface area contributed by atoms with Crippen LogP contribution in [-0.4, -0.2) is 16.5 Å². The second-order valence-electron chi connectivity index (χ2n) is 4.00. The number of thioether (sulfide) groups is 1. The summed E-state index contributed by atoms with van der Waals surface area (Å²) in [6.45, 7) is 0. The van der Waals surface area contributed by atoms with Crippen LogP contribution >= 0.6 is 11.8 Å². The summed E-state index contributed by atoms with van der Waals surface area (Å²) in [6.07, 6.45) is 4.93. The molecule has 0 saturated heterocycles. The summed E-state index contributed by atoms with van der Waals surface area (Å²) in [5, 5.41) is 0. The highest BCUT2D eigenvalue weighted by molar-refractivity contribution is 8.00. The number of carbonyl (C=O) groups is 1. The number of hydrogen-bond donors (Lipinski definition) is 0. The number of hydrogen-bond acceptors (Lipinski definition) is 3. The Morgan fingerprint density at radius 1 is 1.11 bits per heavy atom. The first-order chi connectivity index (χ1) is 8.84. The maximum absolute atomic E-state index is 11.7. The molecule has 0 N–H and O–H groups in total. The quantitative estimate of drug-likeness (QED) is 0.743. The number of ketones is 1. The third-order valence-corrected chi connectivity index (χ3v) is 3.63. The van der Waals surface area contributed by atoms with E-state index in [4.69, 9.17) is 0 Å². The van der Waals surface area contributed by atoms with E-state index in [0.717, 1.165) is 16.9 Å². The van der Waals surface area contributed by atoms with E-state index >= 15 is 0 Å². The summed E-state index contributed by atoms with van der Waals surface area (Å²) in [7, 11) is 0. The molecule has 1 aromatic carbocycles. The van der Waals surface area contributed by atoms with Crippen LogP contribution in [0.15, 0.2) is 59.8 Å². The number of benzene rings is 1. The van der Waals surface area contributed by atoms with Gasteiger partial charge >= 0.3 is 0 Å². The lowest BCUT2D eigenvalue weighted by Crippen LogP contribution is -2.03. The molecule has 0 amide bonds. The lowest BCUT2D eigenvalue weighted by molar-refractivity contribution is -0.116. The van der Waals surface area contributed by atoms with E-state index in [2.05, 4.69) is 4.98 Å². The maximum atomic E-state index is 11.7. The van der Waals surface area contributed by atoms with Gasteiger partial charge in [-0.3, -0.25) is 9.78 Å². The first-order valence-corrected chi connectivity index (χ1v) is 6.91. The highest BCUT2D eigenvalue weighted by Gasteiger charge is 2.03. The van der Waals surface area contributed by atoms with Crippen LogP contribution in [0, 0.1) is 0 Å². The summed E-state index contributed by atoms with van der Waals surface area (Å²) < 4.78 is 0. The Morgan fingerprint density at radius 2 is 1.94 bits per heavy atom. The van der Waals surface area contributed by atoms with Crippen molar-refractivity contribution in [3.05, 3.63) is 60.4 Å². The van der Waals surface area contributed by atoms with Crippen LogP contribution in [0.2, 0.25) is 0 Å². The van der Waals surface area contributed by atoms with Crippen molar-refractivity contribution in [1.29, 1.82) is 0 Å². The number of carbonyl (C=O) groups excluding carboxylic acids is 1. The molecule has 3 heteroatoms. The summed E-state index contributed by atoms with van der Waals surface area (Å²) in [6, 6.07) is 13.9. The fraction of sp³-hybridized carbons (Fsp3) is 0.200. The smallest absolute Gasteiger partial charge is 0.143 e. The molecule has 0 bridgehead atoms. The van der Waals surface area contributed by atoms with E-state index in [1.54, 1.807) is 18.0 Å². The Kier molecular flexibility index (Phi) is 4.97. The van der Waals surface area contributed by atoms with E-state index in [1.165, 1.54) is 0 Å². The van der Waals surface area contributed by atoms with Gasteiger partial charge in [0, 0.05) is 23.7 Å². The first-order valence-electron chi connectivity index (χ1n) is 5.93. The number of aromatic nitrogens is 1. The summed E-state index contributed by atoms with van der Waals surface area (Å²) in [4.78, 5) is 16.9. The van der Waals surface area contributed by atoms with Gasteiger partial charge < -0.3 is 0 Å². The van der Waals surface area contributed by atoms with Gasteiger partial charge in [-0.1, -0.05) is 24.3 Å². The van der Waals surface area contributed by atoms with E-state index in [0.29, 0.717) is 12.2 Å². The average Bonchev–Trinajstić information content (AvgIpc) is 2.45. The summed E-state index contributed by atoms with van der Waals surface area (Å²) in [5.41, 5.74) is 1.12. The van der Waals surface area contributed by atoms with E-state index < -0.39 is 0 Å². The predicted molar refractivity (Wildman–Crippen MR) is 74.7 cm³/mol. The molecule has 0 aliphatic rings. The lowest BCUT2D eigenvalue weighted by Gasteiger charge is -2.01. The van der Waals surface area contributed by atoms with Crippen LogP contribution in [0.4, 0.5) is 0 Å². The molecular formula is C15H15NOS. The number of pyridine rings is 1. The molecule has 0 saturated carbocycles. The monoisotopic (exact) mass is 257 g/mol. The Hall–Kier alpha value is -1.61. The third-order valence-electron chi connectivity index (χ3n) is 2.56. The Bertz CT molecular complexity index is 439. The predicted octanol–water partition coefficient (Wildman–Crippen LogP) is 3.38. The zero-order chi connectivity index (χ0) is 12.6. The SMILES string of the molecule is O=C(CCc1cccnc1)CSc1ccccc1. The van der Waals surface area contributed by atoms with Gasteiger partial charge in [0.15, 0.2) is 0 Å². The van der Waals surface area contributed by atoms with Crippen molar-refractivity contribution < 1.29 is 4.79 Å². The van der Waals surface area contributed by atoms with Crippen molar-refractivity contribution in [3.63, 3.8) is 0 Å². The second kappa shape index (κ2) is 6.97. The van der Waals surface area contributed by atoms with Gasteiger partial charge in [0.05, 0.1) is 5.75 Å². The van der Waals surface area contributed by atoms with Gasteiger partial charge in [0.1, 0.15) is 5.78 Å². The van der Waals surface area contributed by atoms with Crippen LogP contribution < -0.4 is 0 Å². The minimum Gasteiger partial charge on any atom is -0.299 e. The van der Waals surface area contributed by atoms with Crippen LogP contribution in [-0.2, 0) is 11.2 Å². The highest BCUT2D eigenvalue weighted by atomic mass is 32.2. The zero-order valence-electron chi connectivity index (χ0n) is 10.1. The molecule has 0 radical (unpaired) electrons. The van der Waals surface area contributed by atoms with Crippen molar-refractivity contribution in [2.45, 2.75) is 17.7 Å². The van der Waals surface area contributed by atoms with Crippen LogP contribution in [0.25, 0.3) is 0 Å². The Balaban J connectivity index is 1.73. The Morgan fingerprint density at radius 3 is 2.67 bits per heavy atom. The van der Waals surface area contributed by atoms with E-state index in [1.807, 2.05) is 48.7 Å². The normalized spacial score (nSPS) is 10.2. The van der Waals surface area contributed by atoms with Crippen molar-refractivity contribution in [2.75, 3.05) is 5.75 Å². The first kappa shape index (κ1) is 12.8. The fourth-order valence-corrected chi connectivity index (χ4v) is 2.40. The minimum atomic E-state index is 0.285. The summed E-state index contributed by atoms with van der Waals surface area (Å²) in [5.74, 6) is 0.831. The average molecular weight is 257 g/mol. The number of nitrogens with zero attached hydrogens (tertiary/aromatic N) is 1. The molecule has 0 fully saturated rings. The maximum Gasteiger partial charge on any atom is 0.143 e. The van der Waals surface area contributed by atoms with Crippen molar-refractivity contribution in [2.24, 2.45) is 0 Å². The topological polar surface area (TPSA) is 30.0 Å². The van der Waals surface area contributed by atoms with Crippen molar-refractivity contribution in [1.82, 2.24) is 4.98 Å². The molecule has 2 rings (SSSR count). The van der Waals surface area contributed by atoms with Crippen LogP contribution in [0.3, 0.4) is 0 Å². The van der Waals surface area contributed by atoms with Gasteiger partial charge in [-0.05, 0) is 30.2 Å². The van der Waals surface area contributed by atoms with Gasteiger partial charge in [-0.25, -0.2) is 0 Å². The van der Waals surface area contributed by atoms with Gasteiger partial charge in [-0.15, -0.1) is 11.8 Å². The van der Waals surface area contributed by atoms with Gasteiger partial charge in [-0.2, -0.15) is 0 Å². The lowest BCUT2D eigenvalue weighted by atomic mass is 10.1. The number of Topliss-reactive ketones (excluding diaryl/α,β-unsaturated/α-hetero) is 1. The molecule has 1 aromatic heterocycles. The molecule has 2 nitrogen and oxygen atoms in total. The van der Waals surface area contributed by atoms with Crippen LogP contribution in [0.1, 0.15) is 12.0 Å². The number of rotatable bonds is 6. The van der Waals surface area contributed by atoms with Crippen molar-refractivity contribution >= 4 is 17.5 Å². The van der Waals surface area contributed by atoms with Crippen LogP contribution in [0.5, 0.6) is 0 Å². The largest absolute Gasteiger partial charge is 0.299 e. The Labute approximate surface area is 111 Å². The van der Waals surface area contributed by atoms with Gasteiger partial charge in [0.25, 0.3) is 0 Å². The molecular weight excluding hydrogens is 242 g/mol. The zero-order valence-corrected chi connectivity index (χ0v) is 10.9. The third kappa shape index (κ3) is 4.34. The fourth-order valence-electron chi connectivity index (χ4n) is 1.58. The van der Waals surface area contributed by atoms with E-state index in [9.17, 15) is 4.79 Å². The second-order valence-corrected chi connectivity index (χ2v) is 5.05. The standard InChI is InChI=1S/C15H15NOS/c17-14(9-8-13-5-4-10-16-11-13)12-18-15-6-2-1-3-7-15/h1-7,10-11H,8-9,12H2. The van der Waals surface area contributed by atoms with Crippen molar-refractivity contribution in [3.8, 4) is 0 Å². The molecule has 0 aliphatic carbocycles. The summed E-state index contributed by atoms with van der Waals surface area (Å²) >= 11 is 1.60. The molecule has 92 valence electrons. The molecule has 18 heavy (non-hydrogen) atoms. The molecule has 0 atom stereocenters. The molecule has 2 aromatic rings. The molecule has 1 heterocycles. The molecule has 0 aliphatic heterocycles. The minimum absolute atomic E-state index is 0.285.